The number of aliphatic carboxylic acids is 1. The minimum Gasteiger partial charge on any atom is -0.481 e. The number of nitrogens with zero attached hydrogens (tertiary/aromatic N) is 2. The molecule has 5 heteroatoms. The molecule has 0 spiro atoms. The molecular formula is C15H18N2O2S. The van der Waals surface area contributed by atoms with Crippen LogP contribution in [0.25, 0.3) is 5.65 Å². The van der Waals surface area contributed by atoms with E-state index in [0.717, 1.165) is 35.7 Å². The third-order valence-electron chi connectivity index (χ3n) is 3.87. The van der Waals surface area contributed by atoms with Gasteiger partial charge in [0, 0.05) is 18.1 Å². The average Bonchev–Trinajstić information content (AvgIpc) is 2.99. The molecule has 1 saturated carbocycles. The fraction of sp³-hybridized carbons (Fsp3) is 0.467. The third-order valence-corrected chi connectivity index (χ3v) is 5.19. The van der Waals surface area contributed by atoms with Crippen molar-refractivity contribution in [2.24, 2.45) is 5.41 Å². The fourth-order valence-corrected chi connectivity index (χ4v) is 3.79. The number of carboxylic acids is 1. The standard InChI is InChI=1S/C15H18N2O2S/c1-11-3-2-6-17-8-12(16-14(11)17)9-20-10-15(4-5-15)7-13(18)19/h2-3,6,8H,4-5,7,9-10H2,1H3,(H,18,19). The van der Waals surface area contributed by atoms with Gasteiger partial charge in [-0.05, 0) is 42.6 Å². The normalized spacial score (nSPS) is 16.4. The van der Waals surface area contributed by atoms with Crippen LogP contribution in [0.3, 0.4) is 0 Å². The highest BCUT2D eigenvalue weighted by Crippen LogP contribution is 2.51. The number of aromatic nitrogens is 2. The largest absolute Gasteiger partial charge is 0.481 e. The Kier molecular flexibility index (Phi) is 3.46. The van der Waals surface area contributed by atoms with E-state index in [2.05, 4.69) is 28.6 Å². The number of pyridine rings is 1. The number of hydrogen-bond donors (Lipinski definition) is 1. The van der Waals surface area contributed by atoms with Gasteiger partial charge >= 0.3 is 5.97 Å². The van der Waals surface area contributed by atoms with E-state index in [1.54, 1.807) is 11.8 Å². The molecule has 0 saturated heterocycles. The van der Waals surface area contributed by atoms with Crippen LogP contribution in [0.2, 0.25) is 0 Å². The lowest BCUT2D eigenvalue weighted by molar-refractivity contribution is -0.138. The molecule has 2 heterocycles. The molecule has 20 heavy (non-hydrogen) atoms. The monoisotopic (exact) mass is 290 g/mol. The molecule has 0 radical (unpaired) electrons. The zero-order chi connectivity index (χ0) is 14.2. The first kappa shape index (κ1) is 13.5. The first-order valence-corrected chi connectivity index (χ1v) is 7.96. The van der Waals surface area contributed by atoms with Crippen molar-refractivity contribution in [1.29, 1.82) is 0 Å². The highest BCUT2D eigenvalue weighted by atomic mass is 32.2. The van der Waals surface area contributed by atoms with Gasteiger partial charge in [0.05, 0.1) is 12.1 Å². The van der Waals surface area contributed by atoms with Crippen LogP contribution in [0, 0.1) is 12.3 Å². The molecule has 4 nitrogen and oxygen atoms in total. The van der Waals surface area contributed by atoms with Gasteiger partial charge in [0.1, 0.15) is 5.65 Å². The van der Waals surface area contributed by atoms with Gasteiger partial charge in [0.25, 0.3) is 0 Å². The molecule has 1 aliphatic rings. The van der Waals surface area contributed by atoms with Gasteiger partial charge in [0.15, 0.2) is 0 Å². The molecule has 0 unspecified atom stereocenters. The van der Waals surface area contributed by atoms with Crippen molar-refractivity contribution < 1.29 is 9.90 Å². The molecule has 3 rings (SSSR count). The van der Waals surface area contributed by atoms with Gasteiger partial charge in [-0.15, -0.1) is 0 Å². The lowest BCUT2D eigenvalue weighted by Crippen LogP contribution is -2.11. The molecule has 2 aromatic rings. The van der Waals surface area contributed by atoms with E-state index in [4.69, 9.17) is 5.11 Å². The highest BCUT2D eigenvalue weighted by Gasteiger charge is 2.44. The Balaban J connectivity index is 1.60. The Morgan fingerprint density at radius 2 is 2.35 bits per heavy atom. The Bertz CT molecular complexity index is 646. The van der Waals surface area contributed by atoms with Crippen LogP contribution in [0.15, 0.2) is 24.5 Å². The SMILES string of the molecule is Cc1cccn2cc(CSCC3(CC(=O)O)CC3)nc12. The van der Waals surface area contributed by atoms with Gasteiger partial charge < -0.3 is 9.51 Å². The van der Waals surface area contributed by atoms with Gasteiger partial charge in [-0.2, -0.15) is 11.8 Å². The number of thioether (sulfide) groups is 1. The topological polar surface area (TPSA) is 54.6 Å². The van der Waals surface area contributed by atoms with Crippen LogP contribution in [0.4, 0.5) is 0 Å². The van der Waals surface area contributed by atoms with E-state index in [9.17, 15) is 4.79 Å². The summed E-state index contributed by atoms with van der Waals surface area (Å²) in [5.41, 5.74) is 3.31. The minimum absolute atomic E-state index is 0.0611. The van der Waals surface area contributed by atoms with Crippen molar-refractivity contribution in [3.05, 3.63) is 35.8 Å². The number of fused-ring (bicyclic) bond motifs is 1. The second-order valence-electron chi connectivity index (χ2n) is 5.72. The van der Waals surface area contributed by atoms with E-state index >= 15 is 0 Å². The maximum Gasteiger partial charge on any atom is 0.303 e. The van der Waals surface area contributed by atoms with E-state index in [1.165, 1.54) is 5.56 Å². The second kappa shape index (κ2) is 5.13. The van der Waals surface area contributed by atoms with Crippen molar-refractivity contribution in [3.8, 4) is 0 Å². The summed E-state index contributed by atoms with van der Waals surface area (Å²) in [7, 11) is 0. The third kappa shape index (κ3) is 2.82. The number of carboxylic acid groups (broad SMARTS) is 1. The summed E-state index contributed by atoms with van der Waals surface area (Å²) in [4.78, 5) is 15.5. The number of imidazole rings is 1. The Morgan fingerprint density at radius 1 is 1.55 bits per heavy atom. The van der Waals surface area contributed by atoms with Crippen LogP contribution in [0.1, 0.15) is 30.5 Å². The molecular weight excluding hydrogens is 272 g/mol. The predicted octanol–water partition coefficient (Wildman–Crippen LogP) is 3.13. The minimum atomic E-state index is -0.675. The van der Waals surface area contributed by atoms with E-state index in [1.807, 2.05) is 12.3 Å². The van der Waals surface area contributed by atoms with Crippen molar-refractivity contribution in [2.45, 2.75) is 31.9 Å². The predicted molar refractivity (Wildman–Crippen MR) is 80.0 cm³/mol. The van der Waals surface area contributed by atoms with Crippen molar-refractivity contribution in [1.82, 2.24) is 9.38 Å². The molecule has 0 amide bonds. The fourth-order valence-electron chi connectivity index (χ4n) is 2.52. The maximum atomic E-state index is 10.8. The lowest BCUT2D eigenvalue weighted by atomic mass is 10.1. The zero-order valence-electron chi connectivity index (χ0n) is 11.5. The van der Waals surface area contributed by atoms with Crippen LogP contribution in [-0.4, -0.2) is 26.2 Å². The molecule has 0 bridgehead atoms. The molecule has 1 aliphatic carbocycles. The van der Waals surface area contributed by atoms with Crippen LogP contribution in [0.5, 0.6) is 0 Å². The number of hydrogen-bond acceptors (Lipinski definition) is 3. The second-order valence-corrected chi connectivity index (χ2v) is 6.70. The Hall–Kier alpha value is -1.49. The molecule has 0 atom stereocenters. The molecule has 106 valence electrons. The first-order valence-electron chi connectivity index (χ1n) is 6.81. The summed E-state index contributed by atoms with van der Waals surface area (Å²) in [6.45, 7) is 2.06. The number of carbonyl (C=O) groups is 1. The van der Waals surface area contributed by atoms with Gasteiger partial charge in [0.2, 0.25) is 0 Å². The van der Waals surface area contributed by atoms with Gasteiger partial charge in [-0.1, -0.05) is 6.07 Å². The Morgan fingerprint density at radius 3 is 3.00 bits per heavy atom. The zero-order valence-corrected chi connectivity index (χ0v) is 12.3. The summed E-state index contributed by atoms with van der Waals surface area (Å²) in [6, 6.07) is 4.08. The molecule has 1 N–H and O–H groups in total. The average molecular weight is 290 g/mol. The molecule has 0 aromatic carbocycles. The van der Waals surface area contributed by atoms with Gasteiger partial charge in [-0.3, -0.25) is 4.79 Å². The summed E-state index contributed by atoms with van der Waals surface area (Å²) >= 11 is 1.80. The maximum absolute atomic E-state index is 10.8. The molecule has 1 fully saturated rings. The van der Waals surface area contributed by atoms with Crippen LogP contribution < -0.4 is 0 Å². The number of aryl methyl sites for hydroxylation is 1. The summed E-state index contributed by atoms with van der Waals surface area (Å²) < 4.78 is 2.05. The van der Waals surface area contributed by atoms with Crippen molar-refractivity contribution in [2.75, 3.05) is 5.75 Å². The van der Waals surface area contributed by atoms with E-state index in [0.29, 0.717) is 6.42 Å². The molecule has 2 aromatic heterocycles. The quantitative estimate of drug-likeness (QED) is 0.888. The molecule has 0 aliphatic heterocycles. The van der Waals surface area contributed by atoms with Gasteiger partial charge in [-0.25, -0.2) is 4.98 Å². The smallest absolute Gasteiger partial charge is 0.303 e. The lowest BCUT2D eigenvalue weighted by Gasteiger charge is -2.10. The summed E-state index contributed by atoms with van der Waals surface area (Å²) in [6.07, 6.45) is 6.49. The number of rotatable bonds is 6. The van der Waals surface area contributed by atoms with E-state index in [-0.39, 0.29) is 5.41 Å². The Labute approximate surface area is 122 Å². The van der Waals surface area contributed by atoms with Crippen molar-refractivity contribution >= 4 is 23.4 Å². The van der Waals surface area contributed by atoms with Crippen molar-refractivity contribution in [3.63, 3.8) is 0 Å². The summed E-state index contributed by atoms with van der Waals surface area (Å²) in [5.74, 6) is 1.10. The first-order chi connectivity index (χ1) is 9.58. The highest BCUT2D eigenvalue weighted by molar-refractivity contribution is 7.98. The summed E-state index contributed by atoms with van der Waals surface area (Å²) in [5, 5.41) is 8.91. The van der Waals surface area contributed by atoms with E-state index < -0.39 is 5.97 Å². The van der Waals surface area contributed by atoms with Crippen LogP contribution in [-0.2, 0) is 10.5 Å². The van der Waals surface area contributed by atoms with Crippen LogP contribution >= 0.6 is 11.8 Å².